The fraction of sp³-hybridized carbons (Fsp3) is 0.913. The molecule has 0 bridgehead atoms. The molecular weight excluding hydrogens is 338 g/mol. The molecule has 0 saturated heterocycles. The molecule has 0 aliphatic heterocycles. The van der Waals surface area contributed by atoms with Gasteiger partial charge in [0.2, 0.25) is 0 Å². The maximum atomic E-state index is 9.00. The molecule has 4 heteroatoms. The van der Waals surface area contributed by atoms with E-state index in [1.807, 2.05) is 0 Å². The summed E-state index contributed by atoms with van der Waals surface area (Å²) in [6.45, 7) is 5.35. The van der Waals surface area contributed by atoms with E-state index in [4.69, 9.17) is 10.2 Å². The van der Waals surface area contributed by atoms with Crippen LogP contribution in [0.4, 0.5) is 0 Å². The predicted octanol–water partition coefficient (Wildman–Crippen LogP) is 4.11. The molecule has 164 valence electrons. The molecule has 0 unspecified atom stereocenters. The Bertz CT molecular complexity index is 279. The standard InChI is InChI=1S/C23H47NO2.H2O/c1-2-3-4-5-6-7-8-9-10-11-12-13-14-15-16-17-18-19-24(20-22-25)21-23-26;/h10-11,25-26H,2-9,12-23H2,1H3;1H2. The second-order valence-corrected chi connectivity index (χ2v) is 7.74. The summed E-state index contributed by atoms with van der Waals surface area (Å²) in [6.07, 6.45) is 25.0. The topological polar surface area (TPSA) is 74.9 Å². The van der Waals surface area contributed by atoms with Crippen molar-refractivity contribution in [3.05, 3.63) is 12.2 Å². The van der Waals surface area contributed by atoms with Crippen LogP contribution in [0.15, 0.2) is 12.2 Å². The maximum absolute atomic E-state index is 9.00. The zero-order valence-corrected chi connectivity index (χ0v) is 18.1. The molecule has 0 atom stereocenters. The van der Waals surface area contributed by atoms with Crippen molar-refractivity contribution in [2.75, 3.05) is 32.8 Å². The predicted molar refractivity (Wildman–Crippen MR) is 116 cm³/mol. The molecule has 0 aromatic rings. The molecule has 0 radical (unpaired) electrons. The zero-order valence-electron chi connectivity index (χ0n) is 18.1. The highest BCUT2D eigenvalue weighted by atomic mass is 16.3. The van der Waals surface area contributed by atoms with Crippen LogP contribution in [0.2, 0.25) is 0 Å². The minimum atomic E-state index is 0. The Hall–Kier alpha value is -0.420. The second kappa shape index (κ2) is 25.6. The quantitative estimate of drug-likeness (QED) is 0.205. The van der Waals surface area contributed by atoms with Gasteiger partial charge in [-0.2, -0.15) is 0 Å². The molecule has 0 spiro atoms. The van der Waals surface area contributed by atoms with Crippen LogP contribution in [0.3, 0.4) is 0 Å². The van der Waals surface area contributed by atoms with Crippen LogP contribution in [0, 0.1) is 0 Å². The molecule has 0 amide bonds. The molecule has 4 nitrogen and oxygen atoms in total. The Morgan fingerprint density at radius 1 is 0.556 bits per heavy atom. The van der Waals surface area contributed by atoms with Gasteiger partial charge in [-0.3, -0.25) is 0 Å². The van der Waals surface area contributed by atoms with Crippen LogP contribution in [-0.4, -0.2) is 48.5 Å². The summed E-state index contributed by atoms with van der Waals surface area (Å²) in [5, 5.41) is 18.0. The number of unbranched alkanes of at least 4 members (excludes halogenated alkanes) is 13. The van der Waals surface area contributed by atoms with Gasteiger partial charge in [0, 0.05) is 0 Å². The third-order valence-electron chi connectivity index (χ3n) is 5.22. The molecule has 0 fully saturated rings. The van der Waals surface area contributed by atoms with Gasteiger partial charge in [0.15, 0.2) is 0 Å². The number of hydrogen-bond donors (Lipinski definition) is 3. The van der Waals surface area contributed by atoms with Crippen molar-refractivity contribution in [1.29, 1.82) is 0 Å². The van der Waals surface area contributed by atoms with Crippen LogP contribution in [0.5, 0.6) is 0 Å². The molecule has 0 aliphatic carbocycles. The average molecular weight is 388 g/mol. The van der Waals surface area contributed by atoms with E-state index in [2.05, 4.69) is 19.1 Å². The van der Waals surface area contributed by atoms with Crippen LogP contribution < -0.4 is 4.90 Å². The van der Waals surface area contributed by atoms with E-state index in [-0.39, 0.29) is 18.7 Å². The number of nitrogens with one attached hydrogen (secondary N) is 1. The molecule has 0 aliphatic rings. The van der Waals surface area contributed by atoms with Crippen LogP contribution in [0.1, 0.15) is 103 Å². The van der Waals surface area contributed by atoms with Gasteiger partial charge in [0.05, 0.1) is 19.8 Å². The van der Waals surface area contributed by atoms with Crippen molar-refractivity contribution >= 4 is 0 Å². The Kier molecular flexibility index (Phi) is 27.3. The summed E-state index contributed by atoms with van der Waals surface area (Å²) in [5.74, 6) is 0. The van der Waals surface area contributed by atoms with Crippen molar-refractivity contribution in [3.8, 4) is 0 Å². The lowest BCUT2D eigenvalue weighted by Crippen LogP contribution is -3.13. The number of rotatable bonds is 21. The third kappa shape index (κ3) is 23.5. The molecule has 0 aromatic heterocycles. The van der Waals surface area contributed by atoms with E-state index >= 15 is 0 Å². The van der Waals surface area contributed by atoms with Gasteiger partial charge in [-0.15, -0.1) is 0 Å². The minimum Gasteiger partial charge on any atom is -0.870 e. The molecule has 0 heterocycles. The first-order chi connectivity index (χ1) is 12.8. The maximum Gasteiger partial charge on any atom is 0.101 e. The van der Waals surface area contributed by atoms with Gasteiger partial charge < -0.3 is 20.6 Å². The van der Waals surface area contributed by atoms with Crippen LogP contribution in [-0.2, 0) is 0 Å². The van der Waals surface area contributed by atoms with Crippen molar-refractivity contribution in [1.82, 2.24) is 0 Å². The number of hydrogen-bond acceptors (Lipinski definition) is 3. The molecule has 0 aromatic carbocycles. The monoisotopic (exact) mass is 387 g/mol. The average Bonchev–Trinajstić information content (AvgIpc) is 2.64. The Labute approximate surface area is 169 Å². The normalized spacial score (nSPS) is 11.4. The van der Waals surface area contributed by atoms with Gasteiger partial charge in [0.1, 0.15) is 13.1 Å². The molecule has 0 rings (SSSR count). The Morgan fingerprint density at radius 2 is 0.963 bits per heavy atom. The minimum absolute atomic E-state index is 0. The molecule has 4 N–H and O–H groups in total. The Morgan fingerprint density at radius 3 is 1.41 bits per heavy atom. The molecule has 27 heavy (non-hydrogen) atoms. The fourth-order valence-corrected chi connectivity index (χ4v) is 3.49. The van der Waals surface area contributed by atoms with Gasteiger partial charge in [-0.25, -0.2) is 0 Å². The summed E-state index contributed by atoms with van der Waals surface area (Å²) in [7, 11) is 0. The summed E-state index contributed by atoms with van der Waals surface area (Å²) < 4.78 is 0. The van der Waals surface area contributed by atoms with Crippen LogP contribution in [0.25, 0.3) is 0 Å². The number of aliphatic hydroxyl groups is 2. The number of allylic oxidation sites excluding steroid dienone is 2. The largest absolute Gasteiger partial charge is 0.870 e. The van der Waals surface area contributed by atoms with E-state index in [0.29, 0.717) is 0 Å². The first-order valence-electron chi connectivity index (χ1n) is 11.6. The second-order valence-electron chi connectivity index (χ2n) is 7.74. The number of quaternary nitrogens is 1. The zero-order chi connectivity index (χ0) is 19.1. The molecule has 0 saturated carbocycles. The van der Waals surface area contributed by atoms with Gasteiger partial charge >= 0.3 is 0 Å². The number of aliphatic hydroxyl groups excluding tert-OH is 2. The summed E-state index contributed by atoms with van der Waals surface area (Å²) in [6, 6.07) is 0. The van der Waals surface area contributed by atoms with Gasteiger partial charge in [0.25, 0.3) is 0 Å². The Balaban J connectivity index is 0. The van der Waals surface area contributed by atoms with E-state index < -0.39 is 0 Å². The van der Waals surface area contributed by atoms with Crippen molar-refractivity contribution in [2.45, 2.75) is 103 Å². The SMILES string of the molecule is CCCCCCCCCC=CCCCCCCCC[NH+](CCO)CCO.[OH-]. The highest BCUT2D eigenvalue weighted by Gasteiger charge is 2.05. The first-order valence-corrected chi connectivity index (χ1v) is 11.6. The summed E-state index contributed by atoms with van der Waals surface area (Å²) in [4.78, 5) is 1.33. The van der Waals surface area contributed by atoms with E-state index in [9.17, 15) is 0 Å². The lowest BCUT2D eigenvalue weighted by molar-refractivity contribution is -0.901. The highest BCUT2D eigenvalue weighted by Crippen LogP contribution is 2.10. The van der Waals surface area contributed by atoms with Crippen molar-refractivity contribution < 1.29 is 20.6 Å². The van der Waals surface area contributed by atoms with E-state index in [1.54, 1.807) is 0 Å². The van der Waals surface area contributed by atoms with E-state index in [1.165, 1.54) is 101 Å². The lowest BCUT2D eigenvalue weighted by atomic mass is 10.1. The highest BCUT2D eigenvalue weighted by molar-refractivity contribution is 4.81. The lowest BCUT2D eigenvalue weighted by Gasteiger charge is -2.17. The summed E-state index contributed by atoms with van der Waals surface area (Å²) in [5.41, 5.74) is 0. The van der Waals surface area contributed by atoms with Crippen LogP contribution >= 0.6 is 0 Å². The van der Waals surface area contributed by atoms with Gasteiger partial charge in [-0.1, -0.05) is 76.9 Å². The fourth-order valence-electron chi connectivity index (χ4n) is 3.49. The smallest absolute Gasteiger partial charge is 0.101 e. The third-order valence-corrected chi connectivity index (χ3v) is 5.22. The van der Waals surface area contributed by atoms with Gasteiger partial charge in [-0.05, 0) is 38.5 Å². The van der Waals surface area contributed by atoms with Crippen molar-refractivity contribution in [3.63, 3.8) is 0 Å². The van der Waals surface area contributed by atoms with Crippen molar-refractivity contribution in [2.24, 2.45) is 0 Å². The first kappa shape index (κ1) is 28.8. The van der Waals surface area contributed by atoms with E-state index in [0.717, 1.165) is 19.6 Å². The summed E-state index contributed by atoms with van der Waals surface area (Å²) >= 11 is 0. The molecular formula is C23H49NO3.